The van der Waals surface area contributed by atoms with E-state index < -0.39 is 0 Å². The van der Waals surface area contributed by atoms with E-state index in [4.69, 9.17) is 4.74 Å². The Morgan fingerprint density at radius 2 is 1.93 bits per heavy atom. The highest BCUT2D eigenvalue weighted by molar-refractivity contribution is 5.89. The summed E-state index contributed by atoms with van der Waals surface area (Å²) in [7, 11) is 5.39. The van der Waals surface area contributed by atoms with Gasteiger partial charge in [-0.05, 0) is 50.5 Å². The first-order valence-corrected chi connectivity index (χ1v) is 9.18. The monoisotopic (exact) mass is 392 g/mol. The summed E-state index contributed by atoms with van der Waals surface area (Å²) in [4.78, 5) is 27.0. The quantitative estimate of drug-likeness (QED) is 0.565. The molecule has 0 spiro atoms. The van der Waals surface area contributed by atoms with Crippen LogP contribution in [0.4, 0.5) is 17.5 Å². The molecule has 0 unspecified atom stereocenters. The molecule has 0 bridgehead atoms. The Balaban J connectivity index is 1.85. The van der Waals surface area contributed by atoms with E-state index in [1.165, 1.54) is 7.11 Å². The van der Waals surface area contributed by atoms with Crippen molar-refractivity contribution in [3.8, 4) is 11.3 Å². The van der Waals surface area contributed by atoms with Gasteiger partial charge in [-0.15, -0.1) is 0 Å². The fourth-order valence-electron chi connectivity index (χ4n) is 2.60. The van der Waals surface area contributed by atoms with Crippen molar-refractivity contribution >= 4 is 23.4 Å². The first-order valence-electron chi connectivity index (χ1n) is 9.18. The molecule has 3 rings (SSSR count). The maximum atomic E-state index is 11.6. The van der Waals surface area contributed by atoms with Gasteiger partial charge in [0.2, 0.25) is 5.95 Å². The molecule has 0 aliphatic rings. The van der Waals surface area contributed by atoms with Crippen LogP contribution in [0.3, 0.4) is 0 Å². The topological polar surface area (TPSA) is 92.3 Å². The van der Waals surface area contributed by atoms with E-state index in [1.807, 2.05) is 32.3 Å². The van der Waals surface area contributed by atoms with Crippen LogP contribution in [0, 0.1) is 0 Å². The number of carbonyl (C=O) groups is 1. The Morgan fingerprint density at radius 1 is 1.14 bits per heavy atom. The highest BCUT2D eigenvalue weighted by Gasteiger charge is 2.09. The number of rotatable bonds is 8. The van der Waals surface area contributed by atoms with E-state index in [0.717, 1.165) is 30.0 Å². The number of benzene rings is 1. The fraction of sp³-hybridized carbons (Fsp3) is 0.238. The summed E-state index contributed by atoms with van der Waals surface area (Å²) in [5, 5.41) is 6.52. The molecule has 29 heavy (non-hydrogen) atoms. The molecule has 8 heteroatoms. The fourth-order valence-corrected chi connectivity index (χ4v) is 2.60. The van der Waals surface area contributed by atoms with E-state index in [1.54, 1.807) is 36.7 Å². The maximum Gasteiger partial charge on any atom is 0.337 e. The van der Waals surface area contributed by atoms with Crippen molar-refractivity contribution < 1.29 is 9.53 Å². The number of methoxy groups -OCH3 is 1. The van der Waals surface area contributed by atoms with Crippen molar-refractivity contribution in [2.75, 3.05) is 44.9 Å². The van der Waals surface area contributed by atoms with Crippen molar-refractivity contribution in [1.29, 1.82) is 0 Å². The minimum Gasteiger partial charge on any atom is -0.465 e. The van der Waals surface area contributed by atoms with E-state index in [9.17, 15) is 4.79 Å². The predicted molar refractivity (Wildman–Crippen MR) is 113 cm³/mol. The summed E-state index contributed by atoms with van der Waals surface area (Å²) in [5.41, 5.74) is 2.94. The molecule has 0 fully saturated rings. The van der Waals surface area contributed by atoms with Gasteiger partial charge in [-0.3, -0.25) is 4.98 Å². The molecular formula is C21H24N6O2. The highest BCUT2D eigenvalue weighted by atomic mass is 16.5. The number of pyridine rings is 1. The second-order valence-corrected chi connectivity index (χ2v) is 6.63. The zero-order valence-electron chi connectivity index (χ0n) is 16.7. The van der Waals surface area contributed by atoms with Gasteiger partial charge < -0.3 is 20.3 Å². The Bertz CT molecular complexity index is 945. The van der Waals surface area contributed by atoms with E-state index >= 15 is 0 Å². The largest absolute Gasteiger partial charge is 0.465 e. The zero-order valence-corrected chi connectivity index (χ0v) is 16.7. The van der Waals surface area contributed by atoms with Crippen LogP contribution in [0.2, 0.25) is 0 Å². The third-order valence-electron chi connectivity index (χ3n) is 4.10. The molecule has 2 heterocycles. The highest BCUT2D eigenvalue weighted by Crippen LogP contribution is 2.23. The molecule has 0 saturated carbocycles. The van der Waals surface area contributed by atoms with Crippen molar-refractivity contribution in [3.63, 3.8) is 0 Å². The third-order valence-corrected chi connectivity index (χ3v) is 4.10. The van der Waals surface area contributed by atoms with E-state index in [2.05, 4.69) is 30.5 Å². The van der Waals surface area contributed by atoms with Crippen LogP contribution in [0.5, 0.6) is 0 Å². The summed E-state index contributed by atoms with van der Waals surface area (Å²) in [5.74, 6) is 0.795. The molecule has 2 aromatic heterocycles. The minimum absolute atomic E-state index is 0.371. The van der Waals surface area contributed by atoms with Gasteiger partial charge >= 0.3 is 5.97 Å². The first-order chi connectivity index (χ1) is 14.0. The first kappa shape index (κ1) is 20.2. The van der Waals surface area contributed by atoms with E-state index in [-0.39, 0.29) is 5.97 Å². The third kappa shape index (κ3) is 5.73. The number of ether oxygens (including phenoxy) is 1. The van der Waals surface area contributed by atoms with Crippen LogP contribution in [0.1, 0.15) is 10.4 Å². The second-order valence-electron chi connectivity index (χ2n) is 6.63. The lowest BCUT2D eigenvalue weighted by Gasteiger charge is -2.13. The summed E-state index contributed by atoms with van der Waals surface area (Å²) in [6.07, 6.45) is 3.49. The molecule has 3 aromatic rings. The van der Waals surface area contributed by atoms with Gasteiger partial charge in [-0.1, -0.05) is 0 Å². The van der Waals surface area contributed by atoms with E-state index in [0.29, 0.717) is 17.3 Å². The average molecular weight is 392 g/mol. The van der Waals surface area contributed by atoms with Gasteiger partial charge in [0.25, 0.3) is 0 Å². The lowest BCUT2D eigenvalue weighted by atomic mass is 10.2. The lowest BCUT2D eigenvalue weighted by molar-refractivity contribution is 0.0601. The predicted octanol–water partition coefficient (Wildman–Crippen LogP) is 3.04. The molecule has 1 aromatic carbocycles. The van der Waals surface area contributed by atoms with Crippen LogP contribution in [-0.2, 0) is 4.74 Å². The lowest BCUT2D eigenvalue weighted by Crippen LogP contribution is -2.21. The van der Waals surface area contributed by atoms with Gasteiger partial charge in [0.15, 0.2) is 0 Å². The molecule has 0 amide bonds. The van der Waals surface area contributed by atoms with Crippen LogP contribution >= 0.6 is 0 Å². The molecule has 0 aliphatic carbocycles. The Labute approximate surface area is 170 Å². The van der Waals surface area contributed by atoms with Gasteiger partial charge in [0.1, 0.15) is 5.82 Å². The number of nitrogens with one attached hydrogen (secondary N) is 2. The normalized spacial score (nSPS) is 10.6. The van der Waals surface area contributed by atoms with Crippen molar-refractivity contribution in [2.24, 2.45) is 0 Å². The zero-order chi connectivity index (χ0) is 20.6. The van der Waals surface area contributed by atoms with Crippen LogP contribution in [0.15, 0.2) is 54.9 Å². The maximum absolute atomic E-state index is 11.6. The molecule has 0 aliphatic heterocycles. The molecule has 0 atom stereocenters. The van der Waals surface area contributed by atoms with Gasteiger partial charge in [-0.2, -0.15) is 4.98 Å². The number of hydrogen-bond acceptors (Lipinski definition) is 8. The van der Waals surface area contributed by atoms with Crippen LogP contribution < -0.4 is 10.6 Å². The number of esters is 1. The van der Waals surface area contributed by atoms with Crippen molar-refractivity contribution in [3.05, 3.63) is 60.4 Å². The SMILES string of the molecule is COC(=O)c1ccc(Nc2cc(-c3cccnc3)nc(NCCN(C)C)n2)cc1. The molecule has 8 nitrogen and oxygen atoms in total. The van der Waals surface area contributed by atoms with Gasteiger partial charge in [-0.25, -0.2) is 9.78 Å². The number of anilines is 3. The Morgan fingerprint density at radius 3 is 2.59 bits per heavy atom. The molecular weight excluding hydrogens is 368 g/mol. The average Bonchev–Trinajstić information content (AvgIpc) is 2.74. The summed E-state index contributed by atoms with van der Waals surface area (Å²) in [6, 6.07) is 12.7. The smallest absolute Gasteiger partial charge is 0.337 e. The Hall–Kier alpha value is -3.52. The molecule has 0 saturated heterocycles. The van der Waals surface area contributed by atoms with Crippen molar-refractivity contribution in [2.45, 2.75) is 0 Å². The standard InChI is InChI=1S/C21H24N6O2/c1-27(2)12-11-23-21-25-18(16-5-4-10-22-14-16)13-19(26-21)24-17-8-6-15(7-9-17)20(28)29-3/h4-10,13-14H,11-12H2,1-3H3,(H2,23,24,25,26). The molecule has 2 N–H and O–H groups in total. The Kier molecular flexibility index (Phi) is 6.70. The number of hydrogen-bond donors (Lipinski definition) is 2. The molecule has 150 valence electrons. The van der Waals surface area contributed by atoms with Crippen LogP contribution in [-0.4, -0.2) is 60.1 Å². The van der Waals surface area contributed by atoms with Crippen molar-refractivity contribution in [1.82, 2.24) is 19.9 Å². The summed E-state index contributed by atoms with van der Waals surface area (Å²) >= 11 is 0. The van der Waals surface area contributed by atoms with Crippen LogP contribution in [0.25, 0.3) is 11.3 Å². The number of carbonyl (C=O) groups excluding carboxylic acids is 1. The molecule has 0 radical (unpaired) electrons. The second kappa shape index (κ2) is 9.61. The van der Waals surface area contributed by atoms with Gasteiger partial charge in [0, 0.05) is 42.8 Å². The number of nitrogens with zero attached hydrogens (tertiary/aromatic N) is 4. The number of aromatic nitrogens is 3. The summed E-state index contributed by atoms with van der Waals surface area (Å²) in [6.45, 7) is 1.58. The van der Waals surface area contributed by atoms with Gasteiger partial charge in [0.05, 0.1) is 18.4 Å². The minimum atomic E-state index is -0.371. The summed E-state index contributed by atoms with van der Waals surface area (Å²) < 4.78 is 4.73. The number of likely N-dealkylation sites (N-methyl/N-ethyl adjacent to an activating group) is 1.